The summed E-state index contributed by atoms with van der Waals surface area (Å²) in [5.41, 5.74) is 0.494. The van der Waals surface area contributed by atoms with Crippen molar-refractivity contribution in [1.82, 2.24) is 0 Å². The molecule has 4 heteroatoms. The van der Waals surface area contributed by atoms with Crippen molar-refractivity contribution in [2.24, 2.45) is 0 Å². The maximum atomic E-state index is 13.5. The summed E-state index contributed by atoms with van der Waals surface area (Å²) in [5.74, 6) is -1.78. The quantitative estimate of drug-likeness (QED) is 0.797. The van der Waals surface area contributed by atoms with Crippen LogP contribution in [0.15, 0.2) is 48.5 Å². The molecule has 18 heavy (non-hydrogen) atoms. The number of amides is 1. The van der Waals surface area contributed by atoms with Gasteiger partial charge in [0.15, 0.2) is 0 Å². The first-order valence-corrected chi connectivity index (χ1v) is 5.38. The summed E-state index contributed by atoms with van der Waals surface area (Å²) in [6, 6.07) is 11.6. The van der Waals surface area contributed by atoms with Crippen LogP contribution in [0, 0.1) is 11.6 Å². The van der Waals surface area contributed by atoms with Gasteiger partial charge in [0.2, 0.25) is 0 Å². The number of halogens is 2. The van der Waals surface area contributed by atoms with E-state index in [2.05, 4.69) is 0 Å². The van der Waals surface area contributed by atoms with E-state index in [4.69, 9.17) is 0 Å². The van der Waals surface area contributed by atoms with Crippen molar-refractivity contribution in [3.63, 3.8) is 0 Å². The standard InChI is InChI=1S/C14H11F2NO/c1-17(13-8-7-11(15)9-12(13)16)14(18)10-5-3-2-4-6-10/h2-9H,1H3. The Kier molecular flexibility index (Phi) is 3.37. The molecule has 0 heterocycles. The molecule has 1 amide bonds. The number of carbonyl (C=O) groups is 1. The number of benzene rings is 2. The maximum Gasteiger partial charge on any atom is 0.258 e. The summed E-state index contributed by atoms with van der Waals surface area (Å²) in [5, 5.41) is 0. The van der Waals surface area contributed by atoms with Gasteiger partial charge >= 0.3 is 0 Å². The van der Waals surface area contributed by atoms with Crippen molar-refractivity contribution in [2.45, 2.75) is 0 Å². The molecule has 2 nitrogen and oxygen atoms in total. The van der Waals surface area contributed by atoms with Crippen LogP contribution in [0.25, 0.3) is 0 Å². The van der Waals surface area contributed by atoms with Gasteiger partial charge in [-0.1, -0.05) is 18.2 Å². The summed E-state index contributed by atoms with van der Waals surface area (Å²) < 4.78 is 26.3. The second kappa shape index (κ2) is 4.96. The summed E-state index contributed by atoms with van der Waals surface area (Å²) in [7, 11) is 1.45. The molecule has 0 unspecified atom stereocenters. The number of nitrogens with zero attached hydrogens (tertiary/aromatic N) is 1. The maximum absolute atomic E-state index is 13.5. The number of anilines is 1. The van der Waals surface area contributed by atoms with Gasteiger partial charge in [-0.2, -0.15) is 0 Å². The van der Waals surface area contributed by atoms with E-state index in [1.807, 2.05) is 0 Å². The third kappa shape index (κ3) is 2.37. The molecule has 0 spiro atoms. The van der Waals surface area contributed by atoms with Crippen LogP contribution in [-0.4, -0.2) is 13.0 Å². The highest BCUT2D eigenvalue weighted by Gasteiger charge is 2.16. The summed E-state index contributed by atoms with van der Waals surface area (Å²) >= 11 is 0. The van der Waals surface area contributed by atoms with Crippen molar-refractivity contribution in [3.8, 4) is 0 Å². The fourth-order valence-corrected chi connectivity index (χ4v) is 1.64. The van der Waals surface area contributed by atoms with Gasteiger partial charge in [0.25, 0.3) is 5.91 Å². The van der Waals surface area contributed by atoms with Crippen molar-refractivity contribution >= 4 is 11.6 Å². The Morgan fingerprint density at radius 2 is 1.72 bits per heavy atom. The summed E-state index contributed by atoms with van der Waals surface area (Å²) in [4.78, 5) is 13.2. The van der Waals surface area contributed by atoms with E-state index in [-0.39, 0.29) is 11.6 Å². The molecule has 0 saturated carbocycles. The van der Waals surface area contributed by atoms with Gasteiger partial charge in [-0.15, -0.1) is 0 Å². The molecule has 0 bridgehead atoms. The van der Waals surface area contributed by atoms with Crippen molar-refractivity contribution < 1.29 is 13.6 Å². The average molecular weight is 247 g/mol. The van der Waals surface area contributed by atoms with Crippen LogP contribution in [0.3, 0.4) is 0 Å². The van der Waals surface area contributed by atoms with Gasteiger partial charge < -0.3 is 4.90 Å². The van der Waals surface area contributed by atoms with Crippen LogP contribution in [0.2, 0.25) is 0 Å². The summed E-state index contributed by atoms with van der Waals surface area (Å²) in [6.07, 6.45) is 0. The SMILES string of the molecule is CN(C(=O)c1ccccc1)c1ccc(F)cc1F. The Morgan fingerprint density at radius 1 is 1.06 bits per heavy atom. The molecule has 0 fully saturated rings. The molecular formula is C14H11F2NO. The highest BCUT2D eigenvalue weighted by molar-refractivity contribution is 6.05. The molecule has 92 valence electrons. The van der Waals surface area contributed by atoms with Crippen LogP contribution >= 0.6 is 0 Å². The van der Waals surface area contributed by atoms with Crippen molar-refractivity contribution in [2.75, 3.05) is 11.9 Å². The minimum absolute atomic E-state index is 0.0465. The fourth-order valence-electron chi connectivity index (χ4n) is 1.64. The van der Waals surface area contributed by atoms with Gasteiger partial charge in [-0.25, -0.2) is 8.78 Å². The monoisotopic (exact) mass is 247 g/mol. The first-order chi connectivity index (χ1) is 8.59. The van der Waals surface area contributed by atoms with Crippen molar-refractivity contribution in [3.05, 3.63) is 65.7 Å². The van der Waals surface area contributed by atoms with Gasteiger partial charge in [0, 0.05) is 18.7 Å². The topological polar surface area (TPSA) is 20.3 Å². The highest BCUT2D eigenvalue weighted by Crippen LogP contribution is 2.20. The molecule has 2 aromatic rings. The molecule has 2 rings (SSSR count). The highest BCUT2D eigenvalue weighted by atomic mass is 19.1. The Morgan fingerprint density at radius 3 is 2.33 bits per heavy atom. The van der Waals surface area contributed by atoms with E-state index < -0.39 is 11.6 Å². The van der Waals surface area contributed by atoms with Crippen molar-refractivity contribution in [1.29, 1.82) is 0 Å². The molecular weight excluding hydrogens is 236 g/mol. The predicted molar refractivity (Wildman–Crippen MR) is 65.5 cm³/mol. The van der Waals surface area contributed by atoms with Crippen LogP contribution in [-0.2, 0) is 0 Å². The first-order valence-electron chi connectivity index (χ1n) is 5.38. The molecule has 0 aliphatic rings. The zero-order chi connectivity index (χ0) is 13.1. The number of hydrogen-bond acceptors (Lipinski definition) is 1. The van der Waals surface area contributed by atoms with Gasteiger partial charge in [-0.05, 0) is 24.3 Å². The first kappa shape index (κ1) is 12.2. The zero-order valence-electron chi connectivity index (χ0n) is 9.73. The molecule has 0 aliphatic carbocycles. The number of rotatable bonds is 2. The van der Waals surface area contributed by atoms with Crippen LogP contribution in [0.5, 0.6) is 0 Å². The molecule has 2 aromatic carbocycles. The molecule has 0 saturated heterocycles. The Hall–Kier alpha value is -2.23. The van der Waals surface area contributed by atoms with Crippen LogP contribution < -0.4 is 4.90 Å². The lowest BCUT2D eigenvalue weighted by molar-refractivity contribution is 0.0992. The van der Waals surface area contributed by atoms with E-state index in [1.54, 1.807) is 30.3 Å². The van der Waals surface area contributed by atoms with E-state index >= 15 is 0 Å². The summed E-state index contributed by atoms with van der Waals surface area (Å²) in [6.45, 7) is 0. The predicted octanol–water partition coefficient (Wildman–Crippen LogP) is 3.24. The van der Waals surface area contributed by atoms with E-state index in [9.17, 15) is 13.6 Å². The Bertz CT molecular complexity index is 569. The lowest BCUT2D eigenvalue weighted by Crippen LogP contribution is -2.27. The third-order valence-corrected chi connectivity index (χ3v) is 2.60. The number of carbonyl (C=O) groups excluding carboxylic acids is 1. The Balaban J connectivity index is 2.31. The fraction of sp³-hybridized carbons (Fsp3) is 0.0714. The molecule has 0 aliphatic heterocycles. The minimum Gasteiger partial charge on any atom is -0.309 e. The molecule has 0 aromatic heterocycles. The van der Waals surface area contributed by atoms with E-state index in [0.29, 0.717) is 5.56 Å². The zero-order valence-corrected chi connectivity index (χ0v) is 9.73. The van der Waals surface area contributed by atoms with Gasteiger partial charge in [-0.3, -0.25) is 4.79 Å². The average Bonchev–Trinajstić information content (AvgIpc) is 2.38. The second-order valence-electron chi connectivity index (χ2n) is 3.83. The van der Waals surface area contributed by atoms with E-state index in [1.165, 1.54) is 13.1 Å². The minimum atomic E-state index is -0.762. The largest absolute Gasteiger partial charge is 0.309 e. The van der Waals surface area contributed by atoms with Gasteiger partial charge in [0.05, 0.1) is 5.69 Å². The number of hydrogen-bond donors (Lipinski definition) is 0. The molecule has 0 radical (unpaired) electrons. The van der Waals surface area contributed by atoms with Crippen LogP contribution in [0.1, 0.15) is 10.4 Å². The normalized spacial score (nSPS) is 10.2. The Labute approximate surface area is 103 Å². The second-order valence-corrected chi connectivity index (χ2v) is 3.83. The van der Waals surface area contributed by atoms with Crippen LogP contribution in [0.4, 0.5) is 14.5 Å². The molecule has 0 N–H and O–H groups in total. The van der Waals surface area contributed by atoms with Gasteiger partial charge in [0.1, 0.15) is 11.6 Å². The van der Waals surface area contributed by atoms with E-state index in [0.717, 1.165) is 17.0 Å². The third-order valence-electron chi connectivity index (χ3n) is 2.60. The lowest BCUT2D eigenvalue weighted by atomic mass is 10.2. The smallest absolute Gasteiger partial charge is 0.258 e. The molecule has 0 atom stereocenters. The lowest BCUT2D eigenvalue weighted by Gasteiger charge is -2.18.